The van der Waals surface area contributed by atoms with E-state index in [1.54, 1.807) is 12.3 Å². The van der Waals surface area contributed by atoms with Crippen LogP contribution in [0.4, 0.5) is 5.69 Å². The van der Waals surface area contributed by atoms with E-state index in [0.717, 1.165) is 26.1 Å². The summed E-state index contributed by atoms with van der Waals surface area (Å²) in [6.07, 6.45) is 2.71. The molecule has 5 nitrogen and oxygen atoms in total. The predicted octanol–water partition coefficient (Wildman–Crippen LogP) is 0.654. The van der Waals surface area contributed by atoms with E-state index in [1.165, 1.54) is 0 Å². The molecule has 1 aliphatic rings. The second-order valence-electron chi connectivity index (χ2n) is 5.03. The maximum atomic E-state index is 12.0. The minimum atomic E-state index is -0.0816. The summed E-state index contributed by atoms with van der Waals surface area (Å²) >= 11 is 0. The summed E-state index contributed by atoms with van der Waals surface area (Å²) in [5.74, 6) is 0.468. The second-order valence-corrected chi connectivity index (χ2v) is 5.03. The molecule has 0 bridgehead atoms. The van der Waals surface area contributed by atoms with Crippen molar-refractivity contribution in [3.8, 4) is 0 Å². The zero-order valence-corrected chi connectivity index (χ0v) is 10.9. The van der Waals surface area contributed by atoms with Gasteiger partial charge in [0, 0.05) is 13.1 Å². The third-order valence-electron chi connectivity index (χ3n) is 3.39. The van der Waals surface area contributed by atoms with Crippen molar-refractivity contribution >= 4 is 11.6 Å². The second kappa shape index (κ2) is 5.35. The third-order valence-corrected chi connectivity index (χ3v) is 3.39. The Kier molecular flexibility index (Phi) is 3.81. The number of hydrogen-bond donors (Lipinski definition) is 2. The van der Waals surface area contributed by atoms with Crippen LogP contribution in [0.5, 0.6) is 0 Å². The molecule has 98 valence electrons. The Morgan fingerprint density at radius 1 is 1.67 bits per heavy atom. The van der Waals surface area contributed by atoms with Crippen molar-refractivity contribution in [2.75, 3.05) is 32.4 Å². The Morgan fingerprint density at radius 2 is 2.44 bits per heavy atom. The molecule has 1 unspecified atom stereocenters. The normalized spacial score (nSPS) is 20.0. The topological polar surface area (TPSA) is 71.2 Å². The molecule has 2 rings (SSSR count). The first-order valence-electron chi connectivity index (χ1n) is 6.25. The summed E-state index contributed by atoms with van der Waals surface area (Å²) in [4.78, 5) is 18.4. The highest BCUT2D eigenvalue weighted by atomic mass is 16.1. The number of hydrogen-bond acceptors (Lipinski definition) is 4. The van der Waals surface area contributed by atoms with E-state index in [0.29, 0.717) is 22.9 Å². The molecule has 0 aliphatic carbocycles. The molecule has 0 spiro atoms. The van der Waals surface area contributed by atoms with Gasteiger partial charge in [-0.2, -0.15) is 0 Å². The number of anilines is 1. The molecular weight excluding hydrogens is 228 g/mol. The minimum absolute atomic E-state index is 0.0816. The zero-order valence-electron chi connectivity index (χ0n) is 10.9. The summed E-state index contributed by atoms with van der Waals surface area (Å²) < 4.78 is 0. The molecule has 2 heterocycles. The SMILES string of the molecule is Cc1ncc(N)cc1C(=O)NCC1CCN(C)C1. The van der Waals surface area contributed by atoms with Gasteiger partial charge < -0.3 is 16.0 Å². The summed E-state index contributed by atoms with van der Waals surface area (Å²) in [7, 11) is 2.10. The van der Waals surface area contributed by atoms with E-state index < -0.39 is 0 Å². The fraction of sp³-hybridized carbons (Fsp3) is 0.538. The molecular formula is C13H20N4O. The van der Waals surface area contributed by atoms with E-state index >= 15 is 0 Å². The van der Waals surface area contributed by atoms with E-state index in [-0.39, 0.29) is 5.91 Å². The van der Waals surface area contributed by atoms with Gasteiger partial charge in [-0.3, -0.25) is 9.78 Å². The number of carbonyl (C=O) groups excluding carboxylic acids is 1. The third kappa shape index (κ3) is 2.98. The Balaban J connectivity index is 1.93. The molecule has 0 radical (unpaired) electrons. The highest BCUT2D eigenvalue weighted by Gasteiger charge is 2.20. The summed E-state index contributed by atoms with van der Waals surface area (Å²) in [5, 5.41) is 2.97. The van der Waals surface area contributed by atoms with Crippen molar-refractivity contribution in [3.05, 3.63) is 23.5 Å². The average molecular weight is 248 g/mol. The van der Waals surface area contributed by atoms with Crippen LogP contribution in [0, 0.1) is 12.8 Å². The molecule has 1 aliphatic heterocycles. The molecule has 18 heavy (non-hydrogen) atoms. The first-order valence-corrected chi connectivity index (χ1v) is 6.25. The number of carbonyl (C=O) groups is 1. The Hall–Kier alpha value is -1.62. The van der Waals surface area contributed by atoms with Crippen LogP contribution in [0.3, 0.4) is 0 Å². The number of amides is 1. The predicted molar refractivity (Wildman–Crippen MR) is 71.3 cm³/mol. The fourth-order valence-electron chi connectivity index (χ4n) is 2.30. The van der Waals surface area contributed by atoms with Crippen LogP contribution in [-0.4, -0.2) is 42.5 Å². The lowest BCUT2D eigenvalue weighted by Gasteiger charge is -2.12. The molecule has 1 saturated heterocycles. The minimum Gasteiger partial charge on any atom is -0.397 e. The number of rotatable bonds is 3. The number of nitrogens with one attached hydrogen (secondary N) is 1. The van der Waals surface area contributed by atoms with Gasteiger partial charge in [-0.05, 0) is 38.9 Å². The standard InChI is InChI=1S/C13H20N4O/c1-9-12(5-11(14)7-15-9)13(18)16-6-10-3-4-17(2)8-10/h5,7,10H,3-4,6,8,14H2,1-2H3,(H,16,18). The van der Waals surface area contributed by atoms with Crippen LogP contribution in [0.2, 0.25) is 0 Å². The molecule has 1 amide bonds. The molecule has 1 aromatic rings. The van der Waals surface area contributed by atoms with Crippen molar-refractivity contribution in [1.29, 1.82) is 0 Å². The molecule has 1 fully saturated rings. The van der Waals surface area contributed by atoms with Crippen LogP contribution in [0.25, 0.3) is 0 Å². The Morgan fingerprint density at radius 3 is 3.11 bits per heavy atom. The van der Waals surface area contributed by atoms with Crippen molar-refractivity contribution in [2.45, 2.75) is 13.3 Å². The zero-order chi connectivity index (χ0) is 13.1. The van der Waals surface area contributed by atoms with Gasteiger partial charge in [0.15, 0.2) is 0 Å². The summed E-state index contributed by atoms with van der Waals surface area (Å²) in [6, 6.07) is 1.68. The van der Waals surface area contributed by atoms with Gasteiger partial charge in [0.25, 0.3) is 5.91 Å². The molecule has 5 heteroatoms. The Labute approximate surface area is 107 Å². The number of likely N-dealkylation sites (tertiary alicyclic amines) is 1. The highest BCUT2D eigenvalue weighted by Crippen LogP contribution is 2.14. The smallest absolute Gasteiger partial charge is 0.253 e. The molecule has 3 N–H and O–H groups in total. The van der Waals surface area contributed by atoms with Gasteiger partial charge in [0.05, 0.1) is 23.1 Å². The van der Waals surface area contributed by atoms with E-state index in [1.807, 2.05) is 6.92 Å². The van der Waals surface area contributed by atoms with Crippen LogP contribution in [0.1, 0.15) is 22.5 Å². The lowest BCUT2D eigenvalue weighted by atomic mass is 10.1. The van der Waals surface area contributed by atoms with E-state index in [4.69, 9.17) is 5.73 Å². The van der Waals surface area contributed by atoms with Crippen LogP contribution in [-0.2, 0) is 0 Å². The van der Waals surface area contributed by atoms with E-state index in [2.05, 4.69) is 22.2 Å². The van der Waals surface area contributed by atoms with Gasteiger partial charge in [-0.15, -0.1) is 0 Å². The van der Waals surface area contributed by atoms with Crippen LogP contribution < -0.4 is 11.1 Å². The largest absolute Gasteiger partial charge is 0.397 e. The number of nitrogens with two attached hydrogens (primary N) is 1. The molecule has 0 aromatic carbocycles. The molecule has 1 aromatic heterocycles. The summed E-state index contributed by atoms with van der Waals surface area (Å²) in [5.41, 5.74) is 7.46. The monoisotopic (exact) mass is 248 g/mol. The summed E-state index contributed by atoms with van der Waals surface area (Å²) in [6.45, 7) is 4.70. The van der Waals surface area contributed by atoms with Gasteiger partial charge in [-0.25, -0.2) is 0 Å². The maximum absolute atomic E-state index is 12.0. The number of aryl methyl sites for hydroxylation is 1. The first-order chi connectivity index (χ1) is 8.56. The van der Waals surface area contributed by atoms with Crippen molar-refractivity contribution in [1.82, 2.24) is 15.2 Å². The van der Waals surface area contributed by atoms with Gasteiger partial charge in [0.1, 0.15) is 0 Å². The quantitative estimate of drug-likeness (QED) is 0.824. The number of nitrogen functional groups attached to an aromatic ring is 1. The highest BCUT2D eigenvalue weighted by molar-refractivity contribution is 5.95. The van der Waals surface area contributed by atoms with Crippen molar-refractivity contribution in [3.63, 3.8) is 0 Å². The van der Waals surface area contributed by atoms with Crippen molar-refractivity contribution < 1.29 is 4.79 Å². The molecule has 1 atom stereocenters. The maximum Gasteiger partial charge on any atom is 0.253 e. The lowest BCUT2D eigenvalue weighted by molar-refractivity contribution is 0.0946. The lowest BCUT2D eigenvalue weighted by Crippen LogP contribution is -2.31. The number of pyridine rings is 1. The number of nitrogens with zero attached hydrogens (tertiary/aromatic N) is 2. The number of aromatic nitrogens is 1. The van der Waals surface area contributed by atoms with Crippen LogP contribution >= 0.6 is 0 Å². The Bertz CT molecular complexity index is 447. The first kappa shape index (κ1) is 12.8. The van der Waals surface area contributed by atoms with Gasteiger partial charge >= 0.3 is 0 Å². The van der Waals surface area contributed by atoms with E-state index in [9.17, 15) is 4.79 Å². The molecule has 0 saturated carbocycles. The fourth-order valence-corrected chi connectivity index (χ4v) is 2.30. The van der Waals surface area contributed by atoms with Gasteiger partial charge in [0.2, 0.25) is 0 Å². The van der Waals surface area contributed by atoms with Crippen LogP contribution in [0.15, 0.2) is 12.3 Å². The van der Waals surface area contributed by atoms with Crippen molar-refractivity contribution in [2.24, 2.45) is 5.92 Å². The van der Waals surface area contributed by atoms with Gasteiger partial charge in [-0.1, -0.05) is 0 Å². The average Bonchev–Trinajstić information content (AvgIpc) is 2.75.